The molecule has 4 nitrogen and oxygen atoms in total. The van der Waals surface area contributed by atoms with Crippen molar-refractivity contribution in [3.63, 3.8) is 0 Å². The fraction of sp³-hybridized carbons (Fsp3) is 0.0909. The lowest BCUT2D eigenvalue weighted by Crippen LogP contribution is -2.06. The zero-order chi connectivity index (χ0) is 12.3. The molecular weight excluding hydrogens is 287 g/mol. The zero-order valence-electron chi connectivity index (χ0n) is 8.82. The minimum atomic E-state index is -0.519. The van der Waals surface area contributed by atoms with E-state index in [1.54, 1.807) is 0 Å². The van der Waals surface area contributed by atoms with Crippen molar-refractivity contribution in [3.8, 4) is 0 Å². The maximum Gasteiger partial charge on any atom is 0.222 e. The first-order valence-electron chi connectivity index (χ1n) is 4.91. The van der Waals surface area contributed by atoms with E-state index in [9.17, 15) is 4.39 Å². The molecule has 0 aliphatic carbocycles. The molecule has 3 N–H and O–H groups in total. The first-order valence-corrected chi connectivity index (χ1v) is 5.71. The Morgan fingerprint density at radius 2 is 2.24 bits per heavy atom. The Morgan fingerprint density at radius 3 is 3.00 bits per heavy atom. The Kier molecular flexibility index (Phi) is 3.53. The average Bonchev–Trinajstić information content (AvgIpc) is 2.30. The van der Waals surface area contributed by atoms with E-state index >= 15 is 0 Å². The summed E-state index contributed by atoms with van der Waals surface area (Å²) in [5.74, 6) is -0.366. The number of nitrogens with one attached hydrogen (secondary N) is 1. The summed E-state index contributed by atoms with van der Waals surface area (Å²) in [4.78, 5) is 7.33. The third-order valence-electron chi connectivity index (χ3n) is 2.11. The van der Waals surface area contributed by atoms with E-state index < -0.39 is 5.82 Å². The molecule has 0 saturated heterocycles. The second-order valence-corrected chi connectivity index (χ2v) is 4.32. The number of nitrogens with zero attached hydrogens (tertiary/aromatic N) is 2. The number of nitrogen functional groups attached to an aromatic ring is 1. The van der Waals surface area contributed by atoms with Crippen LogP contribution in [0.4, 0.5) is 16.2 Å². The van der Waals surface area contributed by atoms with Crippen LogP contribution in [0.3, 0.4) is 0 Å². The minimum Gasteiger partial charge on any atom is -0.368 e. The molecule has 1 heterocycles. The summed E-state index contributed by atoms with van der Waals surface area (Å²) in [7, 11) is 0. The SMILES string of the molecule is Nc1ncc(F)c(NCc2cccc(Br)c2)n1. The second-order valence-electron chi connectivity index (χ2n) is 3.41. The van der Waals surface area contributed by atoms with Crippen LogP contribution < -0.4 is 11.1 Å². The highest BCUT2D eigenvalue weighted by molar-refractivity contribution is 9.10. The quantitative estimate of drug-likeness (QED) is 0.914. The van der Waals surface area contributed by atoms with Gasteiger partial charge in [-0.1, -0.05) is 28.1 Å². The summed E-state index contributed by atoms with van der Waals surface area (Å²) in [6.45, 7) is 0.465. The van der Waals surface area contributed by atoms with E-state index in [-0.39, 0.29) is 11.8 Å². The van der Waals surface area contributed by atoms with Crippen LogP contribution in [0.1, 0.15) is 5.56 Å². The summed E-state index contributed by atoms with van der Waals surface area (Å²) in [6.07, 6.45) is 1.05. The van der Waals surface area contributed by atoms with Crippen molar-refractivity contribution < 1.29 is 4.39 Å². The molecule has 88 valence electrons. The van der Waals surface area contributed by atoms with Gasteiger partial charge in [0.15, 0.2) is 11.6 Å². The fourth-order valence-corrected chi connectivity index (χ4v) is 1.78. The van der Waals surface area contributed by atoms with Crippen LogP contribution in [0.5, 0.6) is 0 Å². The minimum absolute atomic E-state index is 0.0446. The number of nitrogens with two attached hydrogens (primary N) is 1. The molecule has 0 atom stereocenters. The summed E-state index contributed by atoms with van der Waals surface area (Å²) in [5, 5.41) is 2.87. The van der Waals surface area contributed by atoms with E-state index in [0.29, 0.717) is 6.54 Å². The fourth-order valence-electron chi connectivity index (χ4n) is 1.34. The molecule has 0 amide bonds. The molecule has 0 fully saturated rings. The monoisotopic (exact) mass is 296 g/mol. The highest BCUT2D eigenvalue weighted by Gasteiger charge is 2.04. The largest absolute Gasteiger partial charge is 0.368 e. The topological polar surface area (TPSA) is 63.8 Å². The van der Waals surface area contributed by atoms with Gasteiger partial charge in [-0.15, -0.1) is 0 Å². The molecule has 0 aliphatic rings. The van der Waals surface area contributed by atoms with E-state index in [4.69, 9.17) is 5.73 Å². The smallest absolute Gasteiger partial charge is 0.222 e. The predicted molar refractivity (Wildman–Crippen MR) is 67.9 cm³/mol. The van der Waals surface area contributed by atoms with E-state index in [1.807, 2.05) is 24.3 Å². The van der Waals surface area contributed by atoms with Gasteiger partial charge in [-0.2, -0.15) is 4.98 Å². The van der Waals surface area contributed by atoms with Crippen molar-refractivity contribution >= 4 is 27.7 Å². The number of halogens is 2. The van der Waals surface area contributed by atoms with Crippen molar-refractivity contribution in [1.29, 1.82) is 0 Å². The van der Waals surface area contributed by atoms with Crippen LogP contribution in [-0.4, -0.2) is 9.97 Å². The van der Waals surface area contributed by atoms with Crippen LogP contribution in [0.25, 0.3) is 0 Å². The lowest BCUT2D eigenvalue weighted by Gasteiger charge is -2.07. The van der Waals surface area contributed by atoms with Crippen molar-refractivity contribution in [2.24, 2.45) is 0 Å². The molecule has 2 aromatic rings. The normalized spacial score (nSPS) is 10.2. The van der Waals surface area contributed by atoms with Crippen molar-refractivity contribution in [3.05, 3.63) is 46.3 Å². The molecule has 0 saturated carbocycles. The van der Waals surface area contributed by atoms with E-state index in [0.717, 1.165) is 16.2 Å². The number of rotatable bonds is 3. The summed E-state index contributed by atoms with van der Waals surface area (Å²) < 4.78 is 14.3. The maximum absolute atomic E-state index is 13.3. The Balaban J connectivity index is 2.09. The van der Waals surface area contributed by atoms with Crippen LogP contribution in [-0.2, 0) is 6.54 Å². The van der Waals surface area contributed by atoms with Crippen molar-refractivity contribution in [2.75, 3.05) is 11.1 Å². The van der Waals surface area contributed by atoms with Gasteiger partial charge in [0.2, 0.25) is 5.95 Å². The van der Waals surface area contributed by atoms with Crippen molar-refractivity contribution in [1.82, 2.24) is 9.97 Å². The van der Waals surface area contributed by atoms with E-state index in [2.05, 4.69) is 31.2 Å². The summed E-state index contributed by atoms with van der Waals surface area (Å²) in [6, 6.07) is 7.70. The number of hydrogen-bond acceptors (Lipinski definition) is 4. The molecule has 0 bridgehead atoms. The molecular formula is C11H10BrFN4. The second kappa shape index (κ2) is 5.09. The molecule has 0 aliphatic heterocycles. The van der Waals surface area contributed by atoms with Gasteiger partial charge in [-0.25, -0.2) is 9.37 Å². The van der Waals surface area contributed by atoms with Crippen LogP contribution >= 0.6 is 15.9 Å². The molecule has 2 rings (SSSR count). The number of anilines is 2. The average molecular weight is 297 g/mol. The first-order chi connectivity index (χ1) is 8.15. The Hall–Kier alpha value is -1.69. The van der Waals surface area contributed by atoms with Gasteiger partial charge in [0.25, 0.3) is 0 Å². The third kappa shape index (κ3) is 3.13. The first kappa shape index (κ1) is 11.8. The van der Waals surface area contributed by atoms with Crippen LogP contribution in [0.2, 0.25) is 0 Å². The summed E-state index contributed by atoms with van der Waals surface area (Å²) in [5.41, 5.74) is 6.39. The Morgan fingerprint density at radius 1 is 1.41 bits per heavy atom. The van der Waals surface area contributed by atoms with Gasteiger partial charge < -0.3 is 11.1 Å². The lowest BCUT2D eigenvalue weighted by molar-refractivity contribution is 0.617. The highest BCUT2D eigenvalue weighted by atomic mass is 79.9. The molecule has 0 spiro atoms. The van der Waals surface area contributed by atoms with Crippen LogP contribution in [0.15, 0.2) is 34.9 Å². The molecule has 1 aromatic carbocycles. The highest BCUT2D eigenvalue weighted by Crippen LogP contribution is 2.14. The van der Waals surface area contributed by atoms with Crippen molar-refractivity contribution in [2.45, 2.75) is 6.54 Å². The third-order valence-corrected chi connectivity index (χ3v) is 2.60. The van der Waals surface area contributed by atoms with Gasteiger partial charge in [0, 0.05) is 11.0 Å². The number of hydrogen-bond donors (Lipinski definition) is 2. The van der Waals surface area contributed by atoms with E-state index in [1.165, 1.54) is 0 Å². The molecule has 6 heteroatoms. The summed E-state index contributed by atoms with van der Waals surface area (Å²) >= 11 is 3.37. The Bertz CT molecular complexity index is 533. The van der Waals surface area contributed by atoms with Gasteiger partial charge in [-0.05, 0) is 17.7 Å². The maximum atomic E-state index is 13.3. The number of benzene rings is 1. The molecule has 1 aromatic heterocycles. The predicted octanol–water partition coefficient (Wildman–Crippen LogP) is 2.57. The van der Waals surface area contributed by atoms with Gasteiger partial charge in [0.05, 0.1) is 6.20 Å². The Labute approximate surface area is 106 Å². The lowest BCUT2D eigenvalue weighted by atomic mass is 10.2. The molecule has 0 unspecified atom stereocenters. The standard InChI is InChI=1S/C11H10BrFN4/c12-8-3-1-2-7(4-8)5-15-10-9(13)6-16-11(14)17-10/h1-4,6H,5H2,(H3,14,15,16,17). The molecule has 17 heavy (non-hydrogen) atoms. The van der Waals surface area contributed by atoms with Gasteiger partial charge >= 0.3 is 0 Å². The molecule has 0 radical (unpaired) electrons. The zero-order valence-corrected chi connectivity index (χ0v) is 10.4. The van der Waals surface area contributed by atoms with Crippen LogP contribution in [0, 0.1) is 5.82 Å². The number of aromatic nitrogens is 2. The van der Waals surface area contributed by atoms with Gasteiger partial charge in [0.1, 0.15) is 0 Å². The van der Waals surface area contributed by atoms with Gasteiger partial charge in [-0.3, -0.25) is 0 Å².